The van der Waals surface area contributed by atoms with Gasteiger partial charge in [-0.3, -0.25) is 4.79 Å². The fourth-order valence-corrected chi connectivity index (χ4v) is 4.93. The Balaban J connectivity index is 1.73. The Morgan fingerprint density at radius 3 is 2.20 bits per heavy atom. The number of nitrogens with zero attached hydrogens (tertiary/aromatic N) is 1. The number of hydrogen-bond acceptors (Lipinski definition) is 3. The summed E-state index contributed by atoms with van der Waals surface area (Å²) in [5.41, 5.74) is 0. The average Bonchev–Trinajstić information content (AvgIpc) is 3.29. The van der Waals surface area contributed by atoms with Crippen LogP contribution in [0.4, 0.5) is 0 Å². The monoisotopic (exact) mass is 302 g/mol. The number of nitrogens with one attached hydrogen (secondary N) is 1. The summed E-state index contributed by atoms with van der Waals surface area (Å²) in [5.74, 6) is -0.111. The third kappa shape index (κ3) is 2.99. The highest BCUT2D eigenvalue weighted by molar-refractivity contribution is 7.87. The summed E-state index contributed by atoms with van der Waals surface area (Å²) in [6.07, 6.45) is 6.28. The Hall–Kier alpha value is -0.660. The summed E-state index contributed by atoms with van der Waals surface area (Å²) in [4.78, 5) is 11.3. The molecule has 0 radical (unpaired) electrons. The molecular weight excluding hydrogens is 280 g/mol. The van der Waals surface area contributed by atoms with Crippen LogP contribution in [0.5, 0.6) is 0 Å². The number of carbonyl (C=O) groups is 1. The lowest BCUT2D eigenvalue weighted by atomic mass is 10.1. The molecule has 3 fully saturated rings. The molecule has 7 heteroatoms. The molecule has 2 N–H and O–H groups in total. The molecule has 20 heavy (non-hydrogen) atoms. The number of carboxylic acids is 1. The van der Waals surface area contributed by atoms with E-state index in [2.05, 4.69) is 4.72 Å². The number of aliphatic carboxylic acids is 1. The van der Waals surface area contributed by atoms with Crippen molar-refractivity contribution in [2.24, 2.45) is 11.8 Å². The molecule has 0 bridgehead atoms. The Morgan fingerprint density at radius 2 is 1.70 bits per heavy atom. The van der Waals surface area contributed by atoms with Gasteiger partial charge in [0.15, 0.2) is 0 Å². The van der Waals surface area contributed by atoms with Gasteiger partial charge in [0.25, 0.3) is 10.2 Å². The lowest BCUT2D eigenvalue weighted by Crippen LogP contribution is -2.54. The normalized spacial score (nSPS) is 28.8. The lowest BCUT2D eigenvalue weighted by Gasteiger charge is -2.33. The predicted molar refractivity (Wildman–Crippen MR) is 73.3 cm³/mol. The number of carboxylic acid groups (broad SMARTS) is 1. The molecule has 1 heterocycles. The first-order valence-corrected chi connectivity index (χ1v) is 8.95. The molecule has 3 aliphatic rings. The minimum Gasteiger partial charge on any atom is -0.480 e. The second kappa shape index (κ2) is 5.27. The highest BCUT2D eigenvalue weighted by Crippen LogP contribution is 2.45. The molecule has 2 aliphatic carbocycles. The summed E-state index contributed by atoms with van der Waals surface area (Å²) in [5, 5.41) is 9.22. The van der Waals surface area contributed by atoms with Crippen LogP contribution < -0.4 is 4.72 Å². The minimum absolute atomic E-state index is 0.0244. The Morgan fingerprint density at radius 1 is 1.10 bits per heavy atom. The van der Waals surface area contributed by atoms with Crippen LogP contribution in [-0.4, -0.2) is 42.4 Å². The predicted octanol–water partition coefficient (Wildman–Crippen LogP) is 0.948. The van der Waals surface area contributed by atoms with Crippen molar-refractivity contribution in [3.8, 4) is 0 Å². The first kappa shape index (κ1) is 14.3. The van der Waals surface area contributed by atoms with Crippen molar-refractivity contribution >= 4 is 16.2 Å². The van der Waals surface area contributed by atoms with Crippen LogP contribution in [0.3, 0.4) is 0 Å². The highest BCUT2D eigenvalue weighted by atomic mass is 32.2. The van der Waals surface area contributed by atoms with E-state index < -0.39 is 22.2 Å². The SMILES string of the molecule is O=C(O)C1CCCCN1S(=O)(=O)NC(C1CC1)C1CC1. The molecule has 3 rings (SSSR count). The van der Waals surface area contributed by atoms with Gasteiger partial charge in [-0.25, -0.2) is 0 Å². The summed E-state index contributed by atoms with van der Waals surface area (Å²) in [6.45, 7) is 0.314. The van der Waals surface area contributed by atoms with Gasteiger partial charge >= 0.3 is 5.97 Å². The van der Waals surface area contributed by atoms with Crippen molar-refractivity contribution in [1.82, 2.24) is 9.03 Å². The molecule has 0 aromatic carbocycles. The van der Waals surface area contributed by atoms with E-state index in [1.54, 1.807) is 0 Å². The van der Waals surface area contributed by atoms with Gasteiger partial charge in [-0.15, -0.1) is 0 Å². The lowest BCUT2D eigenvalue weighted by molar-refractivity contribution is -0.142. The van der Waals surface area contributed by atoms with Crippen molar-refractivity contribution in [3.63, 3.8) is 0 Å². The van der Waals surface area contributed by atoms with E-state index >= 15 is 0 Å². The molecule has 0 amide bonds. The van der Waals surface area contributed by atoms with Gasteiger partial charge in [-0.1, -0.05) is 0 Å². The van der Waals surface area contributed by atoms with E-state index in [1.807, 2.05) is 0 Å². The Kier molecular flexibility index (Phi) is 3.77. The molecule has 114 valence electrons. The van der Waals surface area contributed by atoms with E-state index in [1.165, 1.54) is 0 Å². The highest BCUT2D eigenvalue weighted by Gasteiger charge is 2.45. The smallest absolute Gasteiger partial charge is 0.322 e. The summed E-state index contributed by atoms with van der Waals surface area (Å²) >= 11 is 0. The van der Waals surface area contributed by atoms with Crippen LogP contribution in [0.25, 0.3) is 0 Å². The van der Waals surface area contributed by atoms with E-state index in [0.29, 0.717) is 24.8 Å². The van der Waals surface area contributed by atoms with Gasteiger partial charge < -0.3 is 5.11 Å². The van der Waals surface area contributed by atoms with Crippen molar-refractivity contribution in [1.29, 1.82) is 0 Å². The maximum absolute atomic E-state index is 12.5. The Labute approximate surface area is 119 Å². The van der Waals surface area contributed by atoms with Gasteiger partial charge in [-0.2, -0.15) is 17.4 Å². The van der Waals surface area contributed by atoms with Crippen molar-refractivity contribution in [2.75, 3.05) is 6.54 Å². The van der Waals surface area contributed by atoms with Gasteiger partial charge in [0.05, 0.1) is 0 Å². The van der Waals surface area contributed by atoms with Crippen LogP contribution >= 0.6 is 0 Å². The largest absolute Gasteiger partial charge is 0.480 e. The fourth-order valence-electron chi connectivity index (χ4n) is 3.17. The summed E-state index contributed by atoms with van der Waals surface area (Å²) < 4.78 is 29.0. The van der Waals surface area contributed by atoms with Gasteiger partial charge in [-0.05, 0) is 56.8 Å². The third-order valence-corrected chi connectivity index (χ3v) is 6.22. The van der Waals surface area contributed by atoms with E-state index in [0.717, 1.165) is 42.8 Å². The van der Waals surface area contributed by atoms with Crippen molar-refractivity contribution in [3.05, 3.63) is 0 Å². The van der Waals surface area contributed by atoms with E-state index in [-0.39, 0.29) is 6.04 Å². The standard InChI is InChI=1S/C13H22N2O4S/c16-13(17)11-3-1-2-8-15(11)20(18,19)14-12(9-4-5-9)10-6-7-10/h9-12,14H,1-8H2,(H,16,17). The molecule has 0 aromatic heterocycles. The van der Waals surface area contributed by atoms with Gasteiger partial charge in [0.1, 0.15) is 6.04 Å². The molecule has 2 saturated carbocycles. The van der Waals surface area contributed by atoms with E-state index in [9.17, 15) is 18.3 Å². The fraction of sp³-hybridized carbons (Fsp3) is 0.923. The Bertz CT molecular complexity index is 473. The van der Waals surface area contributed by atoms with E-state index in [4.69, 9.17) is 0 Å². The van der Waals surface area contributed by atoms with Crippen molar-refractivity contribution < 1.29 is 18.3 Å². The maximum atomic E-state index is 12.5. The molecule has 1 unspecified atom stereocenters. The zero-order valence-electron chi connectivity index (χ0n) is 11.5. The zero-order valence-corrected chi connectivity index (χ0v) is 12.3. The average molecular weight is 302 g/mol. The van der Waals surface area contributed by atoms with Crippen LogP contribution in [0, 0.1) is 11.8 Å². The number of piperidine rings is 1. The van der Waals surface area contributed by atoms with Crippen LogP contribution in [0.1, 0.15) is 44.9 Å². The third-order valence-electron chi connectivity index (χ3n) is 4.59. The number of hydrogen-bond donors (Lipinski definition) is 2. The quantitative estimate of drug-likeness (QED) is 0.765. The molecular formula is C13H22N2O4S. The number of rotatable bonds is 6. The summed E-state index contributed by atoms with van der Waals surface area (Å²) in [6, 6.07) is -0.878. The van der Waals surface area contributed by atoms with Crippen LogP contribution in [0.15, 0.2) is 0 Å². The second-order valence-electron chi connectivity index (χ2n) is 6.28. The molecule has 0 spiro atoms. The molecule has 1 atom stereocenters. The zero-order chi connectivity index (χ0) is 14.3. The first-order valence-electron chi connectivity index (χ1n) is 7.51. The topological polar surface area (TPSA) is 86.7 Å². The molecule has 1 aliphatic heterocycles. The molecule has 1 saturated heterocycles. The summed E-state index contributed by atoms with van der Waals surface area (Å²) in [7, 11) is -3.68. The first-order chi connectivity index (χ1) is 9.49. The van der Waals surface area contributed by atoms with Gasteiger partial charge in [0, 0.05) is 12.6 Å². The minimum atomic E-state index is -3.68. The van der Waals surface area contributed by atoms with Crippen LogP contribution in [-0.2, 0) is 15.0 Å². The molecule has 6 nitrogen and oxygen atoms in total. The van der Waals surface area contributed by atoms with Crippen molar-refractivity contribution in [2.45, 2.75) is 57.0 Å². The van der Waals surface area contributed by atoms with Crippen LogP contribution in [0.2, 0.25) is 0 Å². The molecule has 0 aromatic rings. The second-order valence-corrected chi connectivity index (χ2v) is 7.94. The van der Waals surface area contributed by atoms with Gasteiger partial charge in [0.2, 0.25) is 0 Å². The maximum Gasteiger partial charge on any atom is 0.322 e.